The molecule has 2 N–H and O–H groups in total. The van der Waals surface area contributed by atoms with Gasteiger partial charge in [-0.15, -0.1) is 12.4 Å². The van der Waals surface area contributed by atoms with Crippen LogP contribution in [0.3, 0.4) is 0 Å². The number of benzene rings is 1. The minimum atomic E-state index is 0. The van der Waals surface area contributed by atoms with E-state index in [1.54, 1.807) is 0 Å². The Labute approximate surface area is 149 Å². The molecular weight excluding hydrogens is 324 g/mol. The van der Waals surface area contributed by atoms with Crippen LogP contribution < -0.4 is 5.73 Å². The summed E-state index contributed by atoms with van der Waals surface area (Å²) in [6.45, 7) is 5.11. The molecule has 3 rings (SSSR count). The van der Waals surface area contributed by atoms with Crippen molar-refractivity contribution in [2.75, 3.05) is 13.1 Å². The van der Waals surface area contributed by atoms with Crippen molar-refractivity contribution in [3.8, 4) is 0 Å². The summed E-state index contributed by atoms with van der Waals surface area (Å²) in [6.07, 6.45) is 6.11. The number of hydrogen-bond acceptors (Lipinski definition) is 3. The number of nitrogens with zero attached hydrogens (tertiary/aromatic N) is 3. The van der Waals surface area contributed by atoms with E-state index in [4.69, 9.17) is 5.73 Å². The van der Waals surface area contributed by atoms with Crippen molar-refractivity contribution in [1.29, 1.82) is 0 Å². The van der Waals surface area contributed by atoms with Crippen LogP contribution in [-0.2, 0) is 13.1 Å². The summed E-state index contributed by atoms with van der Waals surface area (Å²) in [6, 6.07) is 7.61. The molecule has 1 fully saturated rings. The fraction of sp³-hybridized carbons (Fsp3) is 0.444. The van der Waals surface area contributed by atoms with Gasteiger partial charge in [0.25, 0.3) is 5.91 Å². The highest BCUT2D eigenvalue weighted by atomic mass is 35.5. The third kappa shape index (κ3) is 3.97. The molecule has 130 valence electrons. The first kappa shape index (κ1) is 18.5. The van der Waals surface area contributed by atoms with Crippen LogP contribution >= 0.6 is 12.4 Å². The van der Waals surface area contributed by atoms with Gasteiger partial charge in [-0.3, -0.25) is 9.48 Å². The summed E-state index contributed by atoms with van der Waals surface area (Å²) in [5.74, 6) is 0.634. The van der Waals surface area contributed by atoms with Gasteiger partial charge in [-0.1, -0.05) is 12.1 Å². The van der Waals surface area contributed by atoms with Crippen LogP contribution in [0, 0.1) is 0 Å². The number of aromatic nitrogens is 2. The lowest BCUT2D eigenvalue weighted by atomic mass is 9.91. The van der Waals surface area contributed by atoms with Gasteiger partial charge in [0.05, 0.1) is 6.20 Å². The molecule has 6 heteroatoms. The van der Waals surface area contributed by atoms with E-state index < -0.39 is 0 Å². The maximum absolute atomic E-state index is 12.6. The van der Waals surface area contributed by atoms with Crippen LogP contribution in [0.5, 0.6) is 0 Å². The van der Waals surface area contributed by atoms with Crippen molar-refractivity contribution in [3.05, 3.63) is 53.3 Å². The third-order valence-electron chi connectivity index (χ3n) is 4.67. The monoisotopic (exact) mass is 348 g/mol. The van der Waals surface area contributed by atoms with E-state index in [1.165, 1.54) is 5.56 Å². The zero-order valence-corrected chi connectivity index (χ0v) is 14.8. The Balaban J connectivity index is 0.00000208. The minimum absolute atomic E-state index is 0. The molecule has 1 amide bonds. The van der Waals surface area contributed by atoms with Crippen LogP contribution in [-0.4, -0.2) is 33.7 Å². The Morgan fingerprint density at radius 1 is 1.25 bits per heavy atom. The van der Waals surface area contributed by atoms with Gasteiger partial charge in [0.15, 0.2) is 0 Å². The van der Waals surface area contributed by atoms with Gasteiger partial charge < -0.3 is 10.6 Å². The Morgan fingerprint density at radius 3 is 2.46 bits per heavy atom. The van der Waals surface area contributed by atoms with E-state index >= 15 is 0 Å². The van der Waals surface area contributed by atoms with E-state index in [-0.39, 0.29) is 18.3 Å². The summed E-state index contributed by atoms with van der Waals surface area (Å²) >= 11 is 0. The molecule has 1 aliphatic heterocycles. The number of piperidine rings is 1. The molecule has 1 aromatic carbocycles. The molecule has 0 spiro atoms. The van der Waals surface area contributed by atoms with Crippen molar-refractivity contribution in [2.45, 2.75) is 38.8 Å². The first-order valence-electron chi connectivity index (χ1n) is 8.32. The number of amides is 1. The van der Waals surface area contributed by atoms with Crippen LogP contribution in [0.1, 0.15) is 47.2 Å². The summed E-state index contributed by atoms with van der Waals surface area (Å²) < 4.78 is 1.96. The molecule has 0 atom stereocenters. The highest BCUT2D eigenvalue weighted by molar-refractivity contribution is 5.94. The SMILES string of the molecule is CCn1cc(C2CCN(C(=O)c3ccc(CN)cc3)CC2)cn1.Cl. The van der Waals surface area contributed by atoms with Crippen LogP contribution in [0.25, 0.3) is 0 Å². The molecule has 1 saturated heterocycles. The molecule has 0 radical (unpaired) electrons. The van der Waals surface area contributed by atoms with Crippen LogP contribution in [0.15, 0.2) is 36.7 Å². The number of carbonyl (C=O) groups excluding carboxylic acids is 1. The third-order valence-corrected chi connectivity index (χ3v) is 4.67. The standard InChI is InChI=1S/C18H24N4O.ClH/c1-2-22-13-17(12-20-22)15-7-9-21(10-8-15)18(23)16-5-3-14(11-19)4-6-16;/h3-6,12-13,15H,2,7-11,19H2,1H3;1H. The molecule has 2 aromatic rings. The number of nitrogens with two attached hydrogens (primary N) is 1. The maximum atomic E-state index is 12.6. The predicted molar refractivity (Wildman–Crippen MR) is 97.4 cm³/mol. The normalized spacial score (nSPS) is 15.2. The molecule has 2 heterocycles. The summed E-state index contributed by atoms with van der Waals surface area (Å²) in [4.78, 5) is 14.5. The van der Waals surface area contributed by atoms with E-state index in [1.807, 2.05) is 40.0 Å². The molecule has 5 nitrogen and oxygen atoms in total. The highest BCUT2D eigenvalue weighted by Crippen LogP contribution is 2.28. The molecule has 24 heavy (non-hydrogen) atoms. The van der Waals surface area contributed by atoms with Gasteiger partial charge in [0, 0.05) is 37.9 Å². The van der Waals surface area contributed by atoms with Crippen molar-refractivity contribution >= 4 is 18.3 Å². The fourth-order valence-corrected chi connectivity index (χ4v) is 3.15. The number of likely N-dealkylation sites (tertiary alicyclic amines) is 1. The molecule has 0 bridgehead atoms. The van der Waals surface area contributed by atoms with Gasteiger partial charge in [-0.25, -0.2) is 0 Å². The lowest BCUT2D eigenvalue weighted by Gasteiger charge is -2.31. The first-order valence-corrected chi connectivity index (χ1v) is 8.32. The number of rotatable bonds is 4. The second-order valence-corrected chi connectivity index (χ2v) is 6.10. The second-order valence-electron chi connectivity index (χ2n) is 6.10. The lowest BCUT2D eigenvalue weighted by molar-refractivity contribution is 0.0713. The molecule has 0 aliphatic carbocycles. The number of hydrogen-bond donors (Lipinski definition) is 1. The van der Waals surface area contributed by atoms with Crippen molar-refractivity contribution in [1.82, 2.24) is 14.7 Å². The molecule has 1 aromatic heterocycles. The van der Waals surface area contributed by atoms with E-state index in [0.717, 1.165) is 43.6 Å². The summed E-state index contributed by atoms with van der Waals surface area (Å²) in [7, 11) is 0. The summed E-state index contributed by atoms with van der Waals surface area (Å²) in [5, 5.41) is 4.35. The van der Waals surface area contributed by atoms with Crippen LogP contribution in [0.4, 0.5) is 0 Å². The highest BCUT2D eigenvalue weighted by Gasteiger charge is 2.25. The maximum Gasteiger partial charge on any atom is 0.253 e. The fourth-order valence-electron chi connectivity index (χ4n) is 3.15. The first-order chi connectivity index (χ1) is 11.2. The van der Waals surface area contributed by atoms with Gasteiger partial charge in [0.2, 0.25) is 0 Å². The Bertz CT molecular complexity index is 660. The van der Waals surface area contributed by atoms with E-state index in [0.29, 0.717) is 12.5 Å². The largest absolute Gasteiger partial charge is 0.339 e. The summed E-state index contributed by atoms with van der Waals surface area (Å²) in [5.41, 5.74) is 8.70. The molecule has 0 unspecified atom stereocenters. The zero-order chi connectivity index (χ0) is 16.2. The molecule has 0 saturated carbocycles. The Morgan fingerprint density at radius 2 is 1.92 bits per heavy atom. The topological polar surface area (TPSA) is 64.2 Å². The lowest BCUT2D eigenvalue weighted by Crippen LogP contribution is -2.37. The molecular formula is C18H25ClN4O. The smallest absolute Gasteiger partial charge is 0.253 e. The average Bonchev–Trinajstić information content (AvgIpc) is 3.10. The predicted octanol–water partition coefficient (Wildman–Crippen LogP) is 2.80. The van der Waals surface area contributed by atoms with Crippen molar-refractivity contribution < 1.29 is 4.79 Å². The average molecular weight is 349 g/mol. The number of carbonyl (C=O) groups is 1. The van der Waals surface area contributed by atoms with Gasteiger partial charge in [-0.2, -0.15) is 5.10 Å². The van der Waals surface area contributed by atoms with E-state index in [9.17, 15) is 4.79 Å². The van der Waals surface area contributed by atoms with Gasteiger partial charge in [-0.05, 0) is 48.9 Å². The van der Waals surface area contributed by atoms with Gasteiger partial charge in [0.1, 0.15) is 0 Å². The van der Waals surface area contributed by atoms with Gasteiger partial charge >= 0.3 is 0 Å². The van der Waals surface area contributed by atoms with Crippen LogP contribution in [0.2, 0.25) is 0 Å². The van der Waals surface area contributed by atoms with Crippen molar-refractivity contribution in [2.24, 2.45) is 5.73 Å². The molecule has 1 aliphatic rings. The quantitative estimate of drug-likeness (QED) is 0.924. The van der Waals surface area contributed by atoms with E-state index in [2.05, 4.69) is 18.2 Å². The number of aryl methyl sites for hydroxylation is 1. The second kappa shape index (κ2) is 8.31. The number of halogens is 1. The van der Waals surface area contributed by atoms with Crippen molar-refractivity contribution in [3.63, 3.8) is 0 Å². The minimum Gasteiger partial charge on any atom is -0.339 e. The Hall–Kier alpha value is -1.85. The Kier molecular flexibility index (Phi) is 6.40. The zero-order valence-electron chi connectivity index (χ0n) is 14.0.